The van der Waals surface area contributed by atoms with Gasteiger partial charge in [0.2, 0.25) is 0 Å². The number of halogens is 1. The lowest BCUT2D eigenvalue weighted by molar-refractivity contribution is 0.216. The predicted octanol–water partition coefficient (Wildman–Crippen LogP) is 1.96. The molecule has 0 saturated carbocycles. The van der Waals surface area contributed by atoms with Crippen LogP contribution in [0.2, 0.25) is 5.02 Å². The van der Waals surface area contributed by atoms with Gasteiger partial charge in [-0.25, -0.2) is 8.42 Å². The Labute approximate surface area is 179 Å². The Bertz CT molecular complexity index is 778. The number of methoxy groups -OCH3 is 1. The lowest BCUT2D eigenvalue weighted by Gasteiger charge is -2.32. The van der Waals surface area contributed by atoms with Crippen molar-refractivity contribution < 1.29 is 13.2 Å². The molecule has 1 aromatic rings. The van der Waals surface area contributed by atoms with Gasteiger partial charge in [0, 0.05) is 50.0 Å². The summed E-state index contributed by atoms with van der Waals surface area (Å²) >= 11 is 6.31. The summed E-state index contributed by atoms with van der Waals surface area (Å²) in [5, 5.41) is 7.50. The maximum atomic E-state index is 11.3. The summed E-state index contributed by atoms with van der Waals surface area (Å²) in [5.41, 5.74) is 1.05. The van der Waals surface area contributed by atoms with E-state index in [1.54, 1.807) is 7.11 Å². The van der Waals surface area contributed by atoms with Gasteiger partial charge in [-0.1, -0.05) is 17.7 Å². The molecule has 0 bridgehead atoms. The molecule has 0 radical (unpaired) electrons. The largest absolute Gasteiger partial charge is 0.497 e. The summed E-state index contributed by atoms with van der Waals surface area (Å²) in [5.74, 6) is 1.79. The minimum Gasteiger partial charge on any atom is -0.497 e. The topological polar surface area (TPSA) is 83.0 Å². The van der Waals surface area contributed by atoms with Gasteiger partial charge in [-0.2, -0.15) is 0 Å². The number of nitrogens with zero attached hydrogens (tertiary/aromatic N) is 2. The van der Waals surface area contributed by atoms with Crippen LogP contribution in [0.25, 0.3) is 0 Å². The first-order valence-electron chi connectivity index (χ1n) is 10.1. The predicted molar refractivity (Wildman–Crippen MR) is 120 cm³/mol. The van der Waals surface area contributed by atoms with Crippen molar-refractivity contribution in [1.82, 2.24) is 15.5 Å². The van der Waals surface area contributed by atoms with Crippen molar-refractivity contribution in [3.05, 3.63) is 28.8 Å². The van der Waals surface area contributed by atoms with Gasteiger partial charge in [-0.15, -0.1) is 0 Å². The number of hydrogen-bond donors (Lipinski definition) is 2. The summed E-state index contributed by atoms with van der Waals surface area (Å²) in [4.78, 5) is 6.90. The molecule has 0 spiro atoms. The number of guanidine groups is 1. The minimum absolute atomic E-state index is 0.225. The Morgan fingerprint density at radius 2 is 2.07 bits per heavy atom. The molecule has 1 heterocycles. The van der Waals surface area contributed by atoms with Gasteiger partial charge in [-0.3, -0.25) is 4.99 Å². The second-order valence-corrected chi connectivity index (χ2v) is 10.0. The van der Waals surface area contributed by atoms with Crippen molar-refractivity contribution >= 4 is 27.4 Å². The third kappa shape index (κ3) is 8.80. The molecular formula is C20H33ClN4O3S. The van der Waals surface area contributed by atoms with Crippen LogP contribution in [0.1, 0.15) is 25.3 Å². The van der Waals surface area contributed by atoms with Crippen LogP contribution >= 0.6 is 11.6 Å². The highest BCUT2D eigenvalue weighted by molar-refractivity contribution is 7.90. The van der Waals surface area contributed by atoms with Gasteiger partial charge in [0.1, 0.15) is 15.6 Å². The minimum atomic E-state index is -2.91. The van der Waals surface area contributed by atoms with Crippen molar-refractivity contribution in [3.63, 3.8) is 0 Å². The molecule has 1 aliphatic heterocycles. The molecule has 29 heavy (non-hydrogen) atoms. The number of aliphatic imine (C=N–C) groups is 1. The maximum Gasteiger partial charge on any atom is 0.191 e. The molecule has 164 valence electrons. The SMILES string of the molecule is CCNC(=NCCc1ccc(OC)cc1Cl)NC1CCN(CCS(C)(=O)=O)CC1. The maximum absolute atomic E-state index is 11.3. The summed E-state index contributed by atoms with van der Waals surface area (Å²) < 4.78 is 27.9. The molecule has 1 saturated heterocycles. The van der Waals surface area contributed by atoms with E-state index in [-0.39, 0.29) is 5.75 Å². The molecule has 1 fully saturated rings. The molecule has 2 N–H and O–H groups in total. The van der Waals surface area contributed by atoms with E-state index >= 15 is 0 Å². The second-order valence-electron chi connectivity index (χ2n) is 7.36. The van der Waals surface area contributed by atoms with Gasteiger partial charge in [0.05, 0.1) is 12.9 Å². The van der Waals surface area contributed by atoms with Crippen molar-refractivity contribution in [2.75, 3.05) is 51.8 Å². The Balaban J connectivity index is 1.82. The molecular weight excluding hydrogens is 412 g/mol. The number of likely N-dealkylation sites (tertiary alicyclic amines) is 1. The van der Waals surface area contributed by atoms with E-state index in [0.29, 0.717) is 24.2 Å². The zero-order valence-corrected chi connectivity index (χ0v) is 19.2. The molecule has 1 aliphatic rings. The molecule has 0 aliphatic carbocycles. The van der Waals surface area contributed by atoms with Crippen molar-refractivity contribution in [1.29, 1.82) is 0 Å². The van der Waals surface area contributed by atoms with Crippen LogP contribution in [0.15, 0.2) is 23.2 Å². The van der Waals surface area contributed by atoms with Gasteiger partial charge >= 0.3 is 0 Å². The first kappa shape index (κ1) is 23.8. The van der Waals surface area contributed by atoms with E-state index in [0.717, 1.165) is 56.2 Å². The standard InChI is InChI=1S/C20H33ClN4O3S/c1-4-22-20(23-10-7-16-5-6-18(28-2)15-19(16)21)24-17-8-11-25(12-9-17)13-14-29(3,26)27/h5-6,15,17H,4,7-14H2,1-3H3,(H2,22,23,24). The summed E-state index contributed by atoms with van der Waals surface area (Å²) in [7, 11) is -1.28. The number of benzene rings is 1. The van der Waals surface area contributed by atoms with Crippen LogP contribution in [0.5, 0.6) is 5.75 Å². The lowest BCUT2D eigenvalue weighted by Crippen LogP contribution is -2.49. The molecule has 0 atom stereocenters. The van der Waals surface area contributed by atoms with Crippen LogP contribution in [0.3, 0.4) is 0 Å². The number of nitrogens with one attached hydrogen (secondary N) is 2. The molecule has 0 amide bonds. The number of piperidine rings is 1. The van der Waals surface area contributed by atoms with Gasteiger partial charge < -0.3 is 20.3 Å². The molecule has 2 rings (SSSR count). The molecule has 7 nitrogen and oxygen atoms in total. The number of sulfone groups is 1. The van der Waals surface area contributed by atoms with Crippen molar-refractivity contribution in [2.45, 2.75) is 32.2 Å². The van der Waals surface area contributed by atoms with Gasteiger partial charge in [0.15, 0.2) is 5.96 Å². The fourth-order valence-corrected chi connectivity index (χ4v) is 4.11. The number of ether oxygens (including phenoxy) is 1. The number of hydrogen-bond acceptors (Lipinski definition) is 5. The summed E-state index contributed by atoms with van der Waals surface area (Å²) in [6.45, 7) is 5.88. The zero-order chi connectivity index (χ0) is 21.3. The smallest absolute Gasteiger partial charge is 0.191 e. The summed E-state index contributed by atoms with van der Waals surface area (Å²) in [6.07, 6.45) is 3.99. The van der Waals surface area contributed by atoms with Crippen molar-refractivity contribution in [2.24, 2.45) is 4.99 Å². The second kappa shape index (κ2) is 11.6. The molecule has 1 aromatic carbocycles. The van der Waals surface area contributed by atoms with Crippen LogP contribution in [0, 0.1) is 0 Å². The first-order valence-corrected chi connectivity index (χ1v) is 12.5. The lowest BCUT2D eigenvalue weighted by atomic mass is 10.1. The van der Waals surface area contributed by atoms with E-state index in [2.05, 4.69) is 20.5 Å². The van der Waals surface area contributed by atoms with E-state index in [1.807, 2.05) is 25.1 Å². The Morgan fingerprint density at radius 3 is 2.66 bits per heavy atom. The van der Waals surface area contributed by atoms with Crippen LogP contribution in [0.4, 0.5) is 0 Å². The molecule has 0 aromatic heterocycles. The highest BCUT2D eigenvalue weighted by Gasteiger charge is 2.20. The van der Waals surface area contributed by atoms with E-state index in [9.17, 15) is 8.42 Å². The molecule has 0 unspecified atom stereocenters. The van der Waals surface area contributed by atoms with E-state index in [4.69, 9.17) is 16.3 Å². The van der Waals surface area contributed by atoms with E-state index in [1.165, 1.54) is 6.26 Å². The summed E-state index contributed by atoms with van der Waals surface area (Å²) in [6, 6.07) is 6.04. The Hall–Kier alpha value is -1.51. The third-order valence-electron chi connectivity index (χ3n) is 4.96. The zero-order valence-electron chi connectivity index (χ0n) is 17.6. The van der Waals surface area contributed by atoms with E-state index < -0.39 is 9.84 Å². The quantitative estimate of drug-likeness (QED) is 0.447. The third-order valence-corrected chi connectivity index (χ3v) is 6.24. The fourth-order valence-electron chi connectivity index (χ4n) is 3.26. The first-order chi connectivity index (χ1) is 13.8. The van der Waals surface area contributed by atoms with Crippen LogP contribution in [-0.2, 0) is 16.3 Å². The highest BCUT2D eigenvalue weighted by atomic mass is 35.5. The average Bonchev–Trinajstić information content (AvgIpc) is 2.68. The molecule has 9 heteroatoms. The highest BCUT2D eigenvalue weighted by Crippen LogP contribution is 2.22. The fraction of sp³-hybridized carbons (Fsp3) is 0.650. The Morgan fingerprint density at radius 1 is 1.34 bits per heavy atom. The monoisotopic (exact) mass is 444 g/mol. The van der Waals surface area contributed by atoms with Gasteiger partial charge in [-0.05, 0) is 43.9 Å². The normalized spacial score (nSPS) is 16.6. The number of rotatable bonds is 9. The van der Waals surface area contributed by atoms with Crippen LogP contribution < -0.4 is 15.4 Å². The van der Waals surface area contributed by atoms with Crippen LogP contribution in [-0.4, -0.2) is 77.2 Å². The van der Waals surface area contributed by atoms with Crippen molar-refractivity contribution in [3.8, 4) is 5.75 Å². The van der Waals surface area contributed by atoms with Gasteiger partial charge in [0.25, 0.3) is 0 Å². The Kier molecular flexibility index (Phi) is 9.52. The average molecular weight is 445 g/mol.